The fourth-order valence-corrected chi connectivity index (χ4v) is 3.76. The lowest BCUT2D eigenvalue weighted by atomic mass is 10.1. The molecule has 0 spiro atoms. The zero-order valence-corrected chi connectivity index (χ0v) is 18.6. The van der Waals surface area contributed by atoms with Crippen LogP contribution in [-0.4, -0.2) is 31.2 Å². The molecule has 0 aliphatic carbocycles. The molecule has 178 valence electrons. The Hall–Kier alpha value is -3.88. The number of ether oxygens (including phenoxy) is 2. The number of carbonyl (C=O) groups is 1. The number of furan rings is 1. The van der Waals surface area contributed by atoms with Gasteiger partial charge in [0.05, 0.1) is 31.6 Å². The number of benzene rings is 2. The van der Waals surface area contributed by atoms with Gasteiger partial charge in [0.15, 0.2) is 17.1 Å². The van der Waals surface area contributed by atoms with Gasteiger partial charge < -0.3 is 23.8 Å². The highest BCUT2D eigenvalue weighted by Gasteiger charge is 2.30. The second-order valence-corrected chi connectivity index (χ2v) is 7.68. The Morgan fingerprint density at radius 1 is 0.971 bits per heavy atom. The molecule has 0 aliphatic heterocycles. The van der Waals surface area contributed by atoms with E-state index in [0.29, 0.717) is 46.8 Å². The van der Waals surface area contributed by atoms with Gasteiger partial charge in [0.1, 0.15) is 5.69 Å². The molecule has 0 saturated heterocycles. The topological polar surface area (TPSA) is 65.6 Å². The van der Waals surface area contributed by atoms with Crippen LogP contribution in [0.1, 0.15) is 27.2 Å². The third-order valence-corrected chi connectivity index (χ3v) is 5.52. The summed E-state index contributed by atoms with van der Waals surface area (Å²) in [5.74, 6) is 0.926. The molecule has 2 heterocycles. The van der Waals surface area contributed by atoms with E-state index in [1.165, 1.54) is 18.4 Å². The third-order valence-electron chi connectivity index (χ3n) is 5.52. The van der Waals surface area contributed by atoms with E-state index in [-0.39, 0.29) is 12.5 Å². The fourth-order valence-electron chi connectivity index (χ4n) is 3.76. The summed E-state index contributed by atoms with van der Waals surface area (Å²) in [6.45, 7) is 0.598. The Labute approximate surface area is 193 Å². The van der Waals surface area contributed by atoms with Crippen molar-refractivity contribution in [2.24, 2.45) is 0 Å². The SMILES string of the molecule is COc1ccc(CCNC(=O)c2cc3occc3n2Cc2ccc(C(F)(F)F)cc2)cc1OC. The molecule has 0 fully saturated rings. The minimum absolute atomic E-state index is 0.222. The van der Waals surface area contributed by atoms with Gasteiger partial charge in [-0.1, -0.05) is 18.2 Å². The maximum atomic E-state index is 13.0. The first-order valence-corrected chi connectivity index (χ1v) is 10.5. The van der Waals surface area contributed by atoms with Crippen molar-refractivity contribution in [1.29, 1.82) is 0 Å². The average molecular weight is 472 g/mol. The zero-order valence-electron chi connectivity index (χ0n) is 18.6. The van der Waals surface area contributed by atoms with Crippen molar-refractivity contribution in [1.82, 2.24) is 9.88 Å². The number of methoxy groups -OCH3 is 2. The Morgan fingerprint density at radius 2 is 1.68 bits per heavy atom. The van der Waals surface area contributed by atoms with Gasteiger partial charge in [0, 0.05) is 25.2 Å². The summed E-state index contributed by atoms with van der Waals surface area (Å²) in [5.41, 5.74) is 2.45. The summed E-state index contributed by atoms with van der Waals surface area (Å²) in [4.78, 5) is 13.0. The third kappa shape index (κ3) is 4.88. The predicted octanol–water partition coefficient (Wildman–Crippen LogP) is 5.29. The number of nitrogens with one attached hydrogen (secondary N) is 1. The highest BCUT2D eigenvalue weighted by Crippen LogP contribution is 2.30. The predicted molar refractivity (Wildman–Crippen MR) is 120 cm³/mol. The molecular formula is C25H23F3N2O4. The van der Waals surface area contributed by atoms with Gasteiger partial charge in [-0.05, 0) is 41.8 Å². The lowest BCUT2D eigenvalue weighted by molar-refractivity contribution is -0.137. The van der Waals surface area contributed by atoms with E-state index in [1.54, 1.807) is 37.0 Å². The Bertz CT molecular complexity index is 1290. The second-order valence-electron chi connectivity index (χ2n) is 7.68. The van der Waals surface area contributed by atoms with Crippen LogP contribution in [0.4, 0.5) is 13.2 Å². The Morgan fingerprint density at radius 3 is 2.35 bits per heavy atom. The van der Waals surface area contributed by atoms with Crippen molar-refractivity contribution in [3.05, 3.63) is 83.2 Å². The summed E-state index contributed by atoms with van der Waals surface area (Å²) in [6.07, 6.45) is -2.32. The molecule has 0 unspecified atom stereocenters. The number of alkyl halides is 3. The molecule has 0 radical (unpaired) electrons. The zero-order chi connectivity index (χ0) is 24.3. The number of rotatable bonds is 8. The molecule has 4 aromatic rings. The molecule has 2 aromatic heterocycles. The van der Waals surface area contributed by atoms with Crippen LogP contribution in [0.25, 0.3) is 11.1 Å². The van der Waals surface area contributed by atoms with Gasteiger partial charge in [0.25, 0.3) is 5.91 Å². The summed E-state index contributed by atoms with van der Waals surface area (Å²) in [6, 6.07) is 13.8. The first kappa shape index (κ1) is 23.3. The molecule has 0 aliphatic rings. The van der Waals surface area contributed by atoms with Gasteiger partial charge in [-0.3, -0.25) is 4.79 Å². The molecule has 1 amide bonds. The summed E-state index contributed by atoms with van der Waals surface area (Å²) in [7, 11) is 3.12. The van der Waals surface area contributed by atoms with Crippen LogP contribution in [0.5, 0.6) is 11.5 Å². The van der Waals surface area contributed by atoms with Crippen LogP contribution in [0.2, 0.25) is 0 Å². The average Bonchev–Trinajstić information content (AvgIpc) is 3.41. The maximum absolute atomic E-state index is 13.0. The van der Waals surface area contributed by atoms with E-state index in [0.717, 1.165) is 17.7 Å². The van der Waals surface area contributed by atoms with E-state index in [4.69, 9.17) is 13.9 Å². The van der Waals surface area contributed by atoms with Crippen LogP contribution in [0.3, 0.4) is 0 Å². The van der Waals surface area contributed by atoms with E-state index in [1.807, 2.05) is 12.1 Å². The van der Waals surface area contributed by atoms with Crippen LogP contribution < -0.4 is 14.8 Å². The van der Waals surface area contributed by atoms with E-state index in [2.05, 4.69) is 5.32 Å². The number of halogens is 3. The number of amides is 1. The quantitative estimate of drug-likeness (QED) is 0.378. The molecule has 0 saturated carbocycles. The largest absolute Gasteiger partial charge is 0.493 e. The normalized spacial score (nSPS) is 11.6. The highest BCUT2D eigenvalue weighted by molar-refractivity contribution is 5.97. The maximum Gasteiger partial charge on any atom is 0.416 e. The highest BCUT2D eigenvalue weighted by atomic mass is 19.4. The van der Waals surface area contributed by atoms with Gasteiger partial charge in [-0.2, -0.15) is 13.2 Å². The molecule has 0 bridgehead atoms. The van der Waals surface area contributed by atoms with Crippen molar-refractivity contribution in [2.75, 3.05) is 20.8 Å². The minimum atomic E-state index is -4.40. The number of carbonyl (C=O) groups excluding carboxylic acids is 1. The van der Waals surface area contributed by atoms with Crippen LogP contribution in [-0.2, 0) is 19.1 Å². The first-order chi connectivity index (χ1) is 16.3. The Kier molecular flexibility index (Phi) is 6.54. The lowest BCUT2D eigenvalue weighted by Crippen LogP contribution is -2.28. The Balaban J connectivity index is 1.48. The molecular weight excluding hydrogens is 449 g/mol. The van der Waals surface area contributed by atoms with E-state index < -0.39 is 11.7 Å². The van der Waals surface area contributed by atoms with Crippen LogP contribution in [0.15, 0.2) is 65.3 Å². The van der Waals surface area contributed by atoms with Crippen molar-refractivity contribution >= 4 is 17.0 Å². The number of aromatic nitrogens is 1. The minimum Gasteiger partial charge on any atom is -0.493 e. The van der Waals surface area contributed by atoms with E-state index >= 15 is 0 Å². The van der Waals surface area contributed by atoms with Gasteiger partial charge in [0.2, 0.25) is 0 Å². The van der Waals surface area contributed by atoms with Crippen molar-refractivity contribution in [3.8, 4) is 11.5 Å². The molecule has 34 heavy (non-hydrogen) atoms. The molecule has 1 N–H and O–H groups in total. The number of nitrogens with zero attached hydrogens (tertiary/aromatic N) is 1. The van der Waals surface area contributed by atoms with Gasteiger partial charge in [-0.15, -0.1) is 0 Å². The summed E-state index contributed by atoms with van der Waals surface area (Å²) in [5, 5.41) is 2.90. The van der Waals surface area contributed by atoms with Gasteiger partial charge in [-0.25, -0.2) is 0 Å². The fraction of sp³-hybridized carbons (Fsp3) is 0.240. The monoisotopic (exact) mass is 472 g/mol. The summed E-state index contributed by atoms with van der Waals surface area (Å²) < 4.78 is 56.3. The van der Waals surface area contributed by atoms with Crippen molar-refractivity contribution in [2.45, 2.75) is 19.1 Å². The number of hydrogen-bond acceptors (Lipinski definition) is 4. The number of fused-ring (bicyclic) bond motifs is 1. The lowest BCUT2D eigenvalue weighted by Gasteiger charge is -2.13. The smallest absolute Gasteiger partial charge is 0.416 e. The molecule has 2 aromatic carbocycles. The van der Waals surface area contributed by atoms with Crippen molar-refractivity contribution in [3.63, 3.8) is 0 Å². The molecule has 6 nitrogen and oxygen atoms in total. The second kappa shape index (κ2) is 9.54. The molecule has 9 heteroatoms. The van der Waals surface area contributed by atoms with Crippen molar-refractivity contribution < 1.29 is 31.9 Å². The number of hydrogen-bond donors (Lipinski definition) is 1. The molecule has 4 rings (SSSR count). The van der Waals surface area contributed by atoms with Gasteiger partial charge >= 0.3 is 6.18 Å². The van der Waals surface area contributed by atoms with E-state index in [9.17, 15) is 18.0 Å². The summed E-state index contributed by atoms with van der Waals surface area (Å²) >= 11 is 0. The molecule has 0 atom stereocenters. The van der Waals surface area contributed by atoms with Crippen LogP contribution in [0, 0.1) is 0 Å². The standard InChI is InChI=1S/C25H23F3N2O4/c1-32-21-8-5-16(13-23(21)33-2)9-11-29-24(31)20-14-22-19(10-12-34-22)30(20)15-17-3-6-18(7-4-17)25(26,27)28/h3-8,10,12-14H,9,11,15H2,1-2H3,(H,29,31). The van der Waals surface area contributed by atoms with Crippen LogP contribution >= 0.6 is 0 Å². The first-order valence-electron chi connectivity index (χ1n) is 10.5.